The Balaban J connectivity index is 0.000000306. The van der Waals surface area contributed by atoms with Crippen molar-refractivity contribution < 1.29 is 62.1 Å². The predicted molar refractivity (Wildman–Crippen MR) is 354 cm³/mol. The number of alkyl halides is 3. The highest BCUT2D eigenvalue weighted by molar-refractivity contribution is 6.67. The lowest BCUT2D eigenvalue weighted by molar-refractivity contribution is -0.165. The number of pyridine rings is 3. The van der Waals surface area contributed by atoms with Crippen molar-refractivity contribution in [1.29, 1.82) is 0 Å². The monoisotopic (exact) mass is 1350 g/mol. The van der Waals surface area contributed by atoms with E-state index < -0.39 is 105 Å². The van der Waals surface area contributed by atoms with Crippen molar-refractivity contribution in [3.8, 4) is 0 Å². The van der Waals surface area contributed by atoms with Crippen LogP contribution in [0, 0.1) is 28.6 Å². The van der Waals surface area contributed by atoms with Gasteiger partial charge in [-0.2, -0.15) is 0 Å². The molecule has 93 heavy (non-hydrogen) atoms. The van der Waals surface area contributed by atoms with Gasteiger partial charge in [-0.3, -0.25) is 63.3 Å². The average Bonchev–Trinajstić information content (AvgIpc) is 1.23. The highest BCUT2D eigenvalue weighted by Crippen LogP contribution is 2.30. The van der Waals surface area contributed by atoms with Crippen molar-refractivity contribution in [3.05, 3.63) is 89.7 Å². The number of benzene rings is 1. The summed E-state index contributed by atoms with van der Waals surface area (Å²) in [5.74, 6) is -5.19. The van der Waals surface area contributed by atoms with Gasteiger partial charge in [-0.15, -0.1) is 0 Å². The molecular formula is C67H89Cl3N10O13. The van der Waals surface area contributed by atoms with Crippen LogP contribution >= 0.6 is 34.8 Å². The summed E-state index contributed by atoms with van der Waals surface area (Å²) in [6.07, 6.45) is 9.54. The van der Waals surface area contributed by atoms with Crippen LogP contribution in [0.25, 0.3) is 33.8 Å². The quantitative estimate of drug-likeness (QED) is 0.0472. The fourth-order valence-corrected chi connectivity index (χ4v) is 10.2. The standard InChI is InChI=1S/C37H50Cl3N5O8.C30H39N5O5/c1-21(2)29(30(46)42-23(4)31(47)45-16-10-11-28(44-45)32(48)51-20-37(38,39)40)52-33(49)36(8,9)15-14-27-18-26-17-24(12-13-25(26)19-41-27)22(3)43-34(50)53-35(5,6)7;1-17(2)26-25(36)14-18(3)28(38)35-13-7-8-23(34-35)27(37)32-19(4)22-10-9-20-16-31-21(15-24(20)33-22)11-12-30(5,6)29(39)40-26/h12-15,17-19,21-23,28-29,44H,10-11,16,20H2,1-9H3,(H,42,46)(H,43,50);9-12,15-19,23,26,34H,7-8,13-14H2,1-6H3,(H,32,37)/b15-14+;12-11+/t22-,23+,28+,29+;18-,19-,23+,26+/m11/s1. The zero-order valence-electron chi connectivity index (χ0n) is 55.6. The molecule has 7 rings (SSSR count). The third-order valence-corrected chi connectivity index (χ3v) is 15.9. The van der Waals surface area contributed by atoms with Crippen LogP contribution < -0.4 is 26.8 Å². The Kier molecular flexibility index (Phi) is 25.5. The number of carbonyl (C=O) groups excluding carboxylic acids is 9. The number of cyclic esters (lactones) is 1. The molecule has 4 aromatic rings. The molecular weight excluding hydrogens is 1260 g/mol. The van der Waals surface area contributed by atoms with Gasteiger partial charge in [-0.1, -0.05) is 93.7 Å². The number of nitrogens with one attached hydrogen (secondary N) is 5. The predicted octanol–water partition coefficient (Wildman–Crippen LogP) is 9.86. The average molecular weight is 1350 g/mol. The minimum Gasteiger partial charge on any atom is -0.460 e. The number of rotatable bonds is 13. The summed E-state index contributed by atoms with van der Waals surface area (Å²) in [4.78, 5) is 131. The number of hydrogen-bond donors (Lipinski definition) is 5. The fraction of sp³-hybridized carbons (Fsp3) is 0.552. The number of alkyl carbamates (subject to hydrolysis) is 1. The Hall–Kier alpha value is -7.31. The molecule has 5 amide bonds. The SMILES string of the molecule is CC(C)[C@@H]1OC(=O)C(C)(C)/C=C/c2cc3nc(ccc3cn2)[C@@H](C)NC(=O)[C@@H]2CCCN(N2)C(=O)[C@H](C)CC1=O.CC(C)[C@H](OC(=O)C(C)(C)/C=C/c1cc2cc([C@@H](C)NC(=O)OC(C)(C)C)ccc2cn1)C(=O)N[C@@H](C)C(=O)N1CCC[C@@H](C(=O)OCC(Cl)(Cl)Cl)N1. The number of fused-ring (bicyclic) bond motifs is 5. The van der Waals surface area contributed by atoms with Crippen molar-refractivity contribution >= 4 is 122 Å². The summed E-state index contributed by atoms with van der Waals surface area (Å²) >= 11 is 17.0. The lowest BCUT2D eigenvalue weighted by Crippen LogP contribution is -2.60. The number of amides is 5. The normalized spacial score (nSPS) is 21.6. The first kappa shape index (κ1) is 74.7. The van der Waals surface area contributed by atoms with Crippen molar-refractivity contribution in [2.45, 2.75) is 188 Å². The van der Waals surface area contributed by atoms with Crippen molar-refractivity contribution in [3.63, 3.8) is 0 Å². The van der Waals surface area contributed by atoms with Gasteiger partial charge < -0.3 is 34.9 Å². The Morgan fingerprint density at radius 1 is 0.839 bits per heavy atom. The molecule has 0 radical (unpaired) electrons. The Morgan fingerprint density at radius 3 is 2.18 bits per heavy atom. The number of ether oxygens (including phenoxy) is 4. The van der Waals surface area contributed by atoms with Crippen LogP contribution in [0.1, 0.15) is 171 Å². The summed E-state index contributed by atoms with van der Waals surface area (Å²) in [7, 11) is 0. The molecule has 3 aliphatic rings. The first-order valence-corrected chi connectivity index (χ1v) is 32.4. The molecule has 0 aliphatic carbocycles. The minimum atomic E-state index is -1.77. The number of hydrogen-bond acceptors (Lipinski definition) is 18. The van der Waals surface area contributed by atoms with E-state index in [0.717, 1.165) is 21.7 Å². The van der Waals surface area contributed by atoms with Crippen LogP contribution in [-0.2, 0) is 57.3 Å². The molecule has 3 aromatic heterocycles. The van der Waals surface area contributed by atoms with E-state index in [2.05, 4.69) is 36.8 Å². The molecule has 0 unspecified atom stereocenters. The van der Waals surface area contributed by atoms with Gasteiger partial charge in [0.05, 0.1) is 45.5 Å². The Labute approximate surface area is 558 Å². The summed E-state index contributed by atoms with van der Waals surface area (Å²) in [5, 5.41) is 13.8. The highest BCUT2D eigenvalue weighted by Gasteiger charge is 2.39. The van der Waals surface area contributed by atoms with Crippen LogP contribution in [0.5, 0.6) is 0 Å². The lowest BCUT2D eigenvalue weighted by Gasteiger charge is -2.35. The molecule has 0 saturated carbocycles. The summed E-state index contributed by atoms with van der Waals surface area (Å²) in [6, 6.07) is 10.1. The minimum absolute atomic E-state index is 0.0808. The summed E-state index contributed by atoms with van der Waals surface area (Å²) in [5.41, 5.74) is 6.51. The number of esters is 3. The maximum absolute atomic E-state index is 13.4. The van der Waals surface area contributed by atoms with Crippen LogP contribution in [0.15, 0.2) is 67.0 Å². The molecule has 3 aliphatic heterocycles. The number of carbonyl (C=O) groups is 9. The number of hydrazine groups is 2. The van der Waals surface area contributed by atoms with Crippen LogP contribution in [0.4, 0.5) is 4.79 Å². The van der Waals surface area contributed by atoms with Crippen LogP contribution in [0.2, 0.25) is 0 Å². The van der Waals surface area contributed by atoms with Crippen LogP contribution in [0.3, 0.4) is 0 Å². The Morgan fingerprint density at radius 2 is 1.52 bits per heavy atom. The van der Waals surface area contributed by atoms with E-state index in [9.17, 15) is 43.2 Å². The molecule has 2 fully saturated rings. The zero-order chi connectivity index (χ0) is 69.1. The molecule has 506 valence electrons. The summed E-state index contributed by atoms with van der Waals surface area (Å²) < 4.78 is 20.1. The van der Waals surface area contributed by atoms with Gasteiger partial charge in [0.15, 0.2) is 18.0 Å². The van der Waals surface area contributed by atoms with Gasteiger partial charge in [0, 0.05) is 48.6 Å². The molecule has 6 heterocycles. The number of ketones is 1. The third-order valence-electron chi connectivity index (χ3n) is 15.6. The van der Waals surface area contributed by atoms with Crippen molar-refractivity contribution in [1.82, 2.24) is 51.8 Å². The number of nitrogens with zero attached hydrogens (tertiary/aromatic N) is 5. The smallest absolute Gasteiger partial charge is 0.408 e. The largest absolute Gasteiger partial charge is 0.460 e. The molecule has 1 aromatic carbocycles. The van der Waals surface area contributed by atoms with Gasteiger partial charge >= 0.3 is 24.0 Å². The van der Waals surface area contributed by atoms with E-state index in [0.29, 0.717) is 54.8 Å². The second-order valence-electron chi connectivity index (χ2n) is 26.8. The van der Waals surface area contributed by atoms with E-state index >= 15 is 0 Å². The molecule has 5 bridgehead atoms. The van der Waals surface area contributed by atoms with E-state index in [1.54, 1.807) is 106 Å². The molecule has 26 heteroatoms. The first-order chi connectivity index (χ1) is 43.3. The fourth-order valence-electron chi connectivity index (χ4n) is 10.1. The van der Waals surface area contributed by atoms with Crippen LogP contribution in [-0.4, -0.2) is 138 Å². The first-order valence-electron chi connectivity index (χ1n) is 31.3. The lowest BCUT2D eigenvalue weighted by atomic mass is 9.91. The topological polar surface area (TPSA) is 296 Å². The number of Topliss-reactive ketones (excluding diaryl/α,β-unsaturated/α-hetero) is 1. The van der Waals surface area contributed by atoms with Crippen molar-refractivity contribution in [2.75, 3.05) is 19.7 Å². The van der Waals surface area contributed by atoms with Gasteiger partial charge in [-0.25, -0.2) is 15.6 Å². The third kappa shape index (κ3) is 21.6. The molecule has 23 nitrogen and oxygen atoms in total. The molecule has 8 atom stereocenters. The maximum atomic E-state index is 13.4. The van der Waals surface area contributed by atoms with E-state index in [1.165, 1.54) is 16.9 Å². The van der Waals surface area contributed by atoms with E-state index in [4.69, 9.17) is 58.7 Å². The van der Waals surface area contributed by atoms with Gasteiger partial charge in [0.1, 0.15) is 30.3 Å². The molecule has 5 N–H and O–H groups in total. The van der Waals surface area contributed by atoms with Gasteiger partial charge in [0.2, 0.25) is 15.6 Å². The van der Waals surface area contributed by atoms with E-state index in [1.807, 2.05) is 70.2 Å². The number of halogens is 3. The molecule has 2 saturated heterocycles. The number of aromatic nitrogens is 3. The highest BCUT2D eigenvalue weighted by atomic mass is 35.6. The van der Waals surface area contributed by atoms with Gasteiger partial charge in [-0.05, 0) is 160 Å². The summed E-state index contributed by atoms with van der Waals surface area (Å²) in [6.45, 7) is 26.4. The second-order valence-corrected chi connectivity index (χ2v) is 29.3. The Bertz CT molecular complexity index is 3470. The van der Waals surface area contributed by atoms with E-state index in [-0.39, 0.29) is 48.6 Å². The molecule has 0 spiro atoms. The maximum Gasteiger partial charge on any atom is 0.408 e. The zero-order valence-corrected chi connectivity index (χ0v) is 57.9. The van der Waals surface area contributed by atoms with Crippen molar-refractivity contribution in [2.24, 2.45) is 28.6 Å². The van der Waals surface area contributed by atoms with Gasteiger partial charge in [0.25, 0.3) is 11.8 Å². The second kappa shape index (κ2) is 31.7.